The van der Waals surface area contributed by atoms with E-state index in [2.05, 4.69) is 42.1 Å². The van der Waals surface area contributed by atoms with Crippen LogP contribution in [0, 0.1) is 13.8 Å². The van der Waals surface area contributed by atoms with E-state index in [1.54, 1.807) is 0 Å². The summed E-state index contributed by atoms with van der Waals surface area (Å²) in [5.41, 5.74) is 9.05. The zero-order valence-electron chi connectivity index (χ0n) is 22.2. The van der Waals surface area contributed by atoms with Crippen molar-refractivity contribution in [3.05, 3.63) is 88.5 Å². The quantitative estimate of drug-likeness (QED) is 0.354. The molecule has 0 saturated heterocycles. The van der Waals surface area contributed by atoms with Gasteiger partial charge in [-0.1, -0.05) is 30.3 Å². The number of carbonyl (C=O) groups is 1. The molecular weight excluding hydrogens is 532 g/mol. The predicted octanol–water partition coefficient (Wildman–Crippen LogP) is 5.02. The summed E-state index contributed by atoms with van der Waals surface area (Å²) in [5.74, 6) is 0.548. The summed E-state index contributed by atoms with van der Waals surface area (Å²) in [4.78, 5) is 12.0. The van der Waals surface area contributed by atoms with Gasteiger partial charge in [0.2, 0.25) is 0 Å². The van der Waals surface area contributed by atoms with Gasteiger partial charge in [-0.05, 0) is 96.3 Å². The van der Waals surface area contributed by atoms with Crippen molar-refractivity contribution in [1.82, 2.24) is 4.72 Å². The lowest BCUT2D eigenvalue weighted by Gasteiger charge is -2.19. The minimum atomic E-state index is -2.99. The van der Waals surface area contributed by atoms with Crippen LogP contribution in [-0.4, -0.2) is 37.1 Å². The van der Waals surface area contributed by atoms with E-state index < -0.39 is 20.8 Å². The van der Waals surface area contributed by atoms with Crippen LogP contribution in [0.2, 0.25) is 0 Å². The van der Waals surface area contributed by atoms with Crippen molar-refractivity contribution in [3.63, 3.8) is 0 Å². The van der Waals surface area contributed by atoms with Gasteiger partial charge < -0.3 is 10.1 Å². The lowest BCUT2D eigenvalue weighted by molar-refractivity contribution is -0.114. The van der Waals surface area contributed by atoms with Crippen molar-refractivity contribution in [2.45, 2.75) is 39.2 Å². The average Bonchev–Trinajstić information content (AvgIpc) is 3.44. The van der Waals surface area contributed by atoms with Gasteiger partial charge in [0.15, 0.2) is 11.0 Å². The minimum Gasteiger partial charge on any atom is -0.494 e. The summed E-state index contributed by atoms with van der Waals surface area (Å²) in [5, 5.41) is 3.65. The van der Waals surface area contributed by atoms with Crippen molar-refractivity contribution in [2.24, 2.45) is 0 Å². The number of nitrogens with one attached hydrogen (secondary N) is 2. The highest BCUT2D eigenvalue weighted by Gasteiger charge is 2.26. The summed E-state index contributed by atoms with van der Waals surface area (Å²) >= 11 is 0. The second-order valence-electron chi connectivity index (χ2n) is 10.2. The molecule has 0 aromatic heterocycles. The summed E-state index contributed by atoms with van der Waals surface area (Å²) in [6.07, 6.45) is 5.03. The number of rotatable bonds is 9. The number of sulfone groups is 1. The molecular formula is C30H32N2O5S2. The van der Waals surface area contributed by atoms with Crippen LogP contribution in [0.4, 0.5) is 5.69 Å². The Kier molecular flexibility index (Phi) is 7.64. The van der Waals surface area contributed by atoms with E-state index in [4.69, 9.17) is 4.74 Å². The Balaban J connectivity index is 1.32. The second-order valence-corrected chi connectivity index (χ2v) is 13.6. The molecule has 2 aliphatic rings. The van der Waals surface area contributed by atoms with Crippen LogP contribution in [0.3, 0.4) is 0 Å². The Morgan fingerprint density at radius 3 is 2.44 bits per heavy atom. The van der Waals surface area contributed by atoms with Crippen molar-refractivity contribution in [3.8, 4) is 16.9 Å². The molecule has 1 heterocycles. The molecule has 9 heteroatoms. The Labute approximate surface area is 232 Å². The molecule has 3 aromatic carbocycles. The van der Waals surface area contributed by atoms with Crippen molar-refractivity contribution >= 4 is 37.3 Å². The zero-order chi connectivity index (χ0) is 27.7. The van der Waals surface area contributed by atoms with Gasteiger partial charge in [0.25, 0.3) is 5.91 Å². The lowest BCUT2D eigenvalue weighted by atomic mass is 9.90. The minimum absolute atomic E-state index is 0.121. The van der Waals surface area contributed by atoms with Crippen LogP contribution in [0.5, 0.6) is 5.75 Å². The Morgan fingerprint density at radius 2 is 1.79 bits per heavy atom. The molecule has 0 radical (unpaired) electrons. The fraction of sp³-hybridized carbons (Fsp3) is 0.300. The molecule has 5 rings (SSSR count). The summed E-state index contributed by atoms with van der Waals surface area (Å²) in [6, 6.07) is 18.4. The second kappa shape index (κ2) is 11.0. The Bertz CT molecular complexity index is 1570. The normalized spacial score (nSPS) is 18.4. The lowest BCUT2D eigenvalue weighted by Crippen LogP contribution is -2.16. The zero-order valence-corrected chi connectivity index (χ0v) is 23.9. The van der Waals surface area contributed by atoms with Crippen LogP contribution < -0.4 is 14.8 Å². The van der Waals surface area contributed by atoms with Gasteiger partial charge in [-0.2, -0.15) is 0 Å². The Morgan fingerprint density at radius 1 is 1.08 bits per heavy atom. The number of anilines is 1. The van der Waals surface area contributed by atoms with Gasteiger partial charge in [-0.3, -0.25) is 9.52 Å². The van der Waals surface area contributed by atoms with Gasteiger partial charge in [0.05, 0.1) is 23.3 Å². The highest BCUT2D eigenvalue weighted by molar-refractivity contribution is 7.94. The van der Waals surface area contributed by atoms with E-state index in [1.807, 2.05) is 36.4 Å². The van der Waals surface area contributed by atoms with Gasteiger partial charge in [0.1, 0.15) is 15.6 Å². The summed E-state index contributed by atoms with van der Waals surface area (Å²) in [7, 11) is -4.49. The molecule has 1 aliphatic carbocycles. The number of benzene rings is 3. The van der Waals surface area contributed by atoms with E-state index in [-0.39, 0.29) is 17.7 Å². The monoisotopic (exact) mass is 564 g/mol. The van der Waals surface area contributed by atoms with Gasteiger partial charge in [0, 0.05) is 18.0 Å². The highest BCUT2D eigenvalue weighted by atomic mass is 32.2. The number of fused-ring (bicyclic) bond motifs is 1. The summed E-state index contributed by atoms with van der Waals surface area (Å²) in [6.45, 7) is 4.55. The van der Waals surface area contributed by atoms with E-state index >= 15 is 0 Å². The van der Waals surface area contributed by atoms with Crippen molar-refractivity contribution in [1.29, 1.82) is 0 Å². The standard InChI is InChI=1S/C30H32N2O5S2/c1-19-16-23(37-14-5-15-39(3,35)36)17-20(2)30(19)26-7-4-6-25-24(26)12-13-27(25)31-22-10-8-21(9-11-22)28-18-29(33)32-38(28)34/h4,6-11,16-18,27,31H,5,12-15H2,1-3H3,(H,32,33)/t27-,38?/m1/s1. The fourth-order valence-corrected chi connectivity index (χ4v) is 7.01. The molecule has 39 heavy (non-hydrogen) atoms. The Hall–Kier alpha value is -3.43. The van der Waals surface area contributed by atoms with Crippen LogP contribution in [0.1, 0.15) is 46.7 Å². The number of ether oxygens (including phenoxy) is 1. The molecule has 1 aliphatic heterocycles. The van der Waals surface area contributed by atoms with Crippen molar-refractivity contribution < 1.29 is 22.2 Å². The van der Waals surface area contributed by atoms with Crippen LogP contribution >= 0.6 is 0 Å². The first-order valence-corrected chi connectivity index (χ1v) is 16.1. The molecule has 2 atom stereocenters. The number of hydrogen-bond acceptors (Lipinski definition) is 6. The number of amides is 1. The molecule has 7 nitrogen and oxygen atoms in total. The van der Waals surface area contributed by atoms with Crippen LogP contribution in [0.25, 0.3) is 16.0 Å². The maximum absolute atomic E-state index is 12.1. The summed E-state index contributed by atoms with van der Waals surface area (Å²) < 4.78 is 43.1. The molecule has 204 valence electrons. The smallest absolute Gasteiger partial charge is 0.257 e. The third-order valence-electron chi connectivity index (χ3n) is 7.14. The van der Waals surface area contributed by atoms with Gasteiger partial charge >= 0.3 is 0 Å². The molecule has 2 N–H and O–H groups in total. The van der Waals surface area contributed by atoms with E-state index in [1.165, 1.54) is 34.6 Å². The molecule has 0 spiro atoms. The molecule has 3 aromatic rings. The molecule has 0 bridgehead atoms. The first-order valence-electron chi connectivity index (χ1n) is 12.9. The predicted molar refractivity (Wildman–Crippen MR) is 157 cm³/mol. The first-order chi connectivity index (χ1) is 18.6. The third kappa shape index (κ3) is 6.09. The topological polar surface area (TPSA) is 102 Å². The molecule has 1 amide bonds. The van der Waals surface area contributed by atoms with E-state index in [0.29, 0.717) is 17.9 Å². The molecule has 0 fully saturated rings. The number of hydrogen-bond donors (Lipinski definition) is 2. The first kappa shape index (κ1) is 27.1. The number of carbonyl (C=O) groups excluding carboxylic acids is 1. The molecule has 1 unspecified atom stereocenters. The fourth-order valence-electron chi connectivity index (χ4n) is 5.45. The highest BCUT2D eigenvalue weighted by Crippen LogP contribution is 2.42. The van der Waals surface area contributed by atoms with Gasteiger partial charge in [-0.25, -0.2) is 12.6 Å². The van der Waals surface area contributed by atoms with Crippen molar-refractivity contribution in [2.75, 3.05) is 23.9 Å². The average molecular weight is 565 g/mol. The maximum Gasteiger partial charge on any atom is 0.257 e. The third-order valence-corrected chi connectivity index (χ3v) is 9.31. The van der Waals surface area contributed by atoms with E-state index in [0.717, 1.165) is 41.0 Å². The maximum atomic E-state index is 12.1. The van der Waals surface area contributed by atoms with Gasteiger partial charge in [-0.15, -0.1) is 0 Å². The van der Waals surface area contributed by atoms with Crippen LogP contribution in [0.15, 0.2) is 60.7 Å². The SMILES string of the molecule is Cc1cc(OCCCS(C)(=O)=O)cc(C)c1-c1cccc2c1CC[C@H]2Nc1ccc(C2=CC(=O)NS2=O)cc1. The number of aryl methyl sites for hydroxylation is 2. The largest absolute Gasteiger partial charge is 0.494 e. The van der Waals surface area contributed by atoms with Crippen LogP contribution in [-0.2, 0) is 32.0 Å². The molecule has 0 saturated carbocycles. The van der Waals surface area contributed by atoms with E-state index in [9.17, 15) is 17.4 Å².